The summed E-state index contributed by atoms with van der Waals surface area (Å²) in [5, 5.41) is 12.2. The van der Waals surface area contributed by atoms with Crippen LogP contribution in [0.2, 0.25) is 0 Å². The van der Waals surface area contributed by atoms with Crippen molar-refractivity contribution < 1.29 is 0 Å². The van der Waals surface area contributed by atoms with Gasteiger partial charge in [-0.1, -0.05) is 59.7 Å². The number of aryl methyl sites for hydroxylation is 2. The summed E-state index contributed by atoms with van der Waals surface area (Å²) in [6.07, 6.45) is 1.89. The minimum Gasteiger partial charge on any atom is -0.235 e. The van der Waals surface area contributed by atoms with E-state index < -0.39 is 0 Å². The van der Waals surface area contributed by atoms with E-state index in [1.54, 1.807) is 0 Å². The Morgan fingerprint density at radius 2 is 1.61 bits per heavy atom. The van der Waals surface area contributed by atoms with E-state index in [1.165, 1.54) is 22.5 Å². The monoisotopic (exact) mass is 316 g/mol. The summed E-state index contributed by atoms with van der Waals surface area (Å²) in [7, 11) is 0. The summed E-state index contributed by atoms with van der Waals surface area (Å²) < 4.78 is 0. The molecule has 0 amide bonds. The highest BCUT2D eigenvalue weighted by Crippen LogP contribution is 2.27. The lowest BCUT2D eigenvalue weighted by atomic mass is 10.1. The van der Waals surface area contributed by atoms with Gasteiger partial charge < -0.3 is 0 Å². The number of thiazole rings is 1. The molecule has 112 valence electrons. The molecular weight excluding hydrogens is 300 g/mol. The van der Waals surface area contributed by atoms with Crippen molar-refractivity contribution in [3.8, 4) is 17.3 Å². The van der Waals surface area contributed by atoms with E-state index in [0.29, 0.717) is 5.57 Å². The Kier molecular flexibility index (Phi) is 4.36. The van der Waals surface area contributed by atoms with Gasteiger partial charge in [-0.3, -0.25) is 0 Å². The van der Waals surface area contributed by atoms with Crippen molar-refractivity contribution in [3.05, 3.63) is 75.6 Å². The normalized spacial score (nSPS) is 11.3. The zero-order chi connectivity index (χ0) is 16.2. The number of hydrogen-bond donors (Lipinski definition) is 0. The molecule has 3 heteroatoms. The van der Waals surface area contributed by atoms with Crippen LogP contribution in [0.4, 0.5) is 0 Å². The Morgan fingerprint density at radius 1 is 1.00 bits per heavy atom. The van der Waals surface area contributed by atoms with Gasteiger partial charge in [0, 0.05) is 10.9 Å². The van der Waals surface area contributed by atoms with Crippen LogP contribution in [-0.4, -0.2) is 4.98 Å². The predicted octanol–water partition coefficient (Wildman–Crippen LogP) is 5.49. The Labute approximate surface area is 140 Å². The first kappa shape index (κ1) is 15.2. The zero-order valence-corrected chi connectivity index (χ0v) is 13.9. The fourth-order valence-electron chi connectivity index (χ4n) is 2.23. The maximum atomic E-state index is 9.46. The summed E-state index contributed by atoms with van der Waals surface area (Å²) >= 11 is 1.50. The standard InChI is InChI=1S/C20H16N2S/c1-14-3-7-16(8-4-14)11-18(12-21)20-22-19(13-23-20)17-9-5-15(2)6-10-17/h3-11,13H,1-2H3/b18-11+. The third-order valence-electron chi connectivity index (χ3n) is 3.59. The second-order valence-electron chi connectivity index (χ2n) is 5.48. The molecule has 2 nitrogen and oxygen atoms in total. The molecule has 0 saturated carbocycles. The number of nitrogens with zero attached hydrogens (tertiary/aromatic N) is 2. The molecule has 2 aromatic carbocycles. The third kappa shape index (κ3) is 3.56. The molecule has 0 saturated heterocycles. The summed E-state index contributed by atoms with van der Waals surface area (Å²) in [6.45, 7) is 4.11. The SMILES string of the molecule is Cc1ccc(/C=C(\C#N)c2nc(-c3ccc(C)cc3)cs2)cc1. The molecule has 0 N–H and O–H groups in total. The van der Waals surface area contributed by atoms with Crippen LogP contribution in [0.25, 0.3) is 22.9 Å². The fourth-order valence-corrected chi connectivity index (χ4v) is 3.02. The number of allylic oxidation sites excluding steroid dienone is 1. The summed E-state index contributed by atoms with van der Waals surface area (Å²) in [5.41, 5.74) is 6.02. The van der Waals surface area contributed by atoms with Crippen molar-refractivity contribution in [3.63, 3.8) is 0 Å². The minimum absolute atomic E-state index is 0.595. The Bertz CT molecular complexity index is 879. The van der Waals surface area contributed by atoms with Gasteiger partial charge in [0.25, 0.3) is 0 Å². The predicted molar refractivity (Wildman–Crippen MR) is 97.0 cm³/mol. The van der Waals surface area contributed by atoms with Gasteiger partial charge in [0.15, 0.2) is 0 Å². The van der Waals surface area contributed by atoms with Crippen LogP contribution in [0, 0.1) is 25.2 Å². The molecule has 0 unspecified atom stereocenters. The number of nitriles is 1. The smallest absolute Gasteiger partial charge is 0.134 e. The van der Waals surface area contributed by atoms with Crippen LogP contribution >= 0.6 is 11.3 Å². The first-order chi connectivity index (χ1) is 11.2. The van der Waals surface area contributed by atoms with Crippen molar-refractivity contribution >= 4 is 23.0 Å². The maximum absolute atomic E-state index is 9.46. The molecule has 1 aromatic heterocycles. The van der Waals surface area contributed by atoms with E-state index in [2.05, 4.69) is 42.2 Å². The Morgan fingerprint density at radius 3 is 2.22 bits per heavy atom. The Hall–Kier alpha value is -2.70. The third-order valence-corrected chi connectivity index (χ3v) is 4.47. The molecule has 1 heterocycles. The minimum atomic E-state index is 0.595. The molecule has 23 heavy (non-hydrogen) atoms. The molecule has 0 atom stereocenters. The molecule has 0 aliphatic heterocycles. The van der Waals surface area contributed by atoms with Crippen LogP contribution in [0.5, 0.6) is 0 Å². The molecule has 0 spiro atoms. The molecule has 0 aliphatic carbocycles. The van der Waals surface area contributed by atoms with Gasteiger partial charge in [-0.15, -0.1) is 11.3 Å². The maximum Gasteiger partial charge on any atom is 0.134 e. The molecule has 3 rings (SSSR count). The van der Waals surface area contributed by atoms with Crippen molar-refractivity contribution in [1.29, 1.82) is 5.26 Å². The number of benzene rings is 2. The van der Waals surface area contributed by atoms with Crippen molar-refractivity contribution in [2.24, 2.45) is 0 Å². The van der Waals surface area contributed by atoms with Gasteiger partial charge in [-0.25, -0.2) is 4.98 Å². The lowest BCUT2D eigenvalue weighted by Crippen LogP contribution is -1.83. The summed E-state index contributed by atoms with van der Waals surface area (Å²) in [6, 6.07) is 18.6. The second kappa shape index (κ2) is 6.60. The summed E-state index contributed by atoms with van der Waals surface area (Å²) in [5.74, 6) is 0. The highest BCUT2D eigenvalue weighted by molar-refractivity contribution is 7.11. The van der Waals surface area contributed by atoms with Gasteiger partial charge in [-0.05, 0) is 25.5 Å². The lowest BCUT2D eigenvalue weighted by molar-refractivity contribution is 1.36. The molecular formula is C20H16N2S. The van der Waals surface area contributed by atoms with Gasteiger partial charge in [-0.2, -0.15) is 5.26 Å². The lowest BCUT2D eigenvalue weighted by Gasteiger charge is -1.98. The number of rotatable bonds is 3. The van der Waals surface area contributed by atoms with Crippen LogP contribution in [0.15, 0.2) is 53.9 Å². The highest BCUT2D eigenvalue weighted by atomic mass is 32.1. The molecule has 0 radical (unpaired) electrons. The van der Waals surface area contributed by atoms with Crippen molar-refractivity contribution in [1.82, 2.24) is 4.98 Å². The molecule has 3 aromatic rings. The highest BCUT2D eigenvalue weighted by Gasteiger charge is 2.09. The average molecular weight is 316 g/mol. The van der Waals surface area contributed by atoms with Crippen molar-refractivity contribution in [2.75, 3.05) is 0 Å². The summed E-state index contributed by atoms with van der Waals surface area (Å²) in [4.78, 5) is 4.62. The van der Waals surface area contributed by atoms with Crippen LogP contribution in [0.1, 0.15) is 21.7 Å². The first-order valence-electron chi connectivity index (χ1n) is 7.37. The number of aromatic nitrogens is 1. The topological polar surface area (TPSA) is 36.7 Å². The second-order valence-corrected chi connectivity index (χ2v) is 6.34. The van der Waals surface area contributed by atoms with Crippen LogP contribution in [-0.2, 0) is 0 Å². The fraction of sp³-hybridized carbons (Fsp3) is 0.100. The van der Waals surface area contributed by atoms with E-state index in [0.717, 1.165) is 21.8 Å². The van der Waals surface area contributed by atoms with E-state index in [1.807, 2.05) is 42.6 Å². The van der Waals surface area contributed by atoms with Crippen molar-refractivity contribution in [2.45, 2.75) is 13.8 Å². The zero-order valence-electron chi connectivity index (χ0n) is 13.1. The molecule has 0 bridgehead atoms. The van der Waals surface area contributed by atoms with E-state index in [4.69, 9.17) is 0 Å². The van der Waals surface area contributed by atoms with E-state index in [9.17, 15) is 5.26 Å². The number of hydrogen-bond acceptors (Lipinski definition) is 3. The van der Waals surface area contributed by atoms with E-state index >= 15 is 0 Å². The quantitative estimate of drug-likeness (QED) is 0.599. The van der Waals surface area contributed by atoms with Crippen LogP contribution < -0.4 is 0 Å². The Balaban J connectivity index is 1.92. The van der Waals surface area contributed by atoms with E-state index in [-0.39, 0.29) is 0 Å². The van der Waals surface area contributed by atoms with Gasteiger partial charge >= 0.3 is 0 Å². The average Bonchev–Trinajstić information content (AvgIpc) is 3.05. The van der Waals surface area contributed by atoms with Gasteiger partial charge in [0.1, 0.15) is 11.1 Å². The van der Waals surface area contributed by atoms with Gasteiger partial charge in [0.2, 0.25) is 0 Å². The first-order valence-corrected chi connectivity index (χ1v) is 8.25. The largest absolute Gasteiger partial charge is 0.235 e. The van der Waals surface area contributed by atoms with Gasteiger partial charge in [0.05, 0.1) is 11.3 Å². The molecule has 0 fully saturated rings. The molecule has 0 aliphatic rings. The van der Waals surface area contributed by atoms with Crippen LogP contribution in [0.3, 0.4) is 0 Å².